The van der Waals surface area contributed by atoms with Crippen molar-refractivity contribution in [3.8, 4) is 5.75 Å². The van der Waals surface area contributed by atoms with E-state index in [1.165, 1.54) is 12.0 Å². The molecule has 0 saturated carbocycles. The topological polar surface area (TPSA) is 84.9 Å². The van der Waals surface area contributed by atoms with Crippen LogP contribution in [-0.4, -0.2) is 60.6 Å². The van der Waals surface area contributed by atoms with Gasteiger partial charge < -0.3 is 14.4 Å². The van der Waals surface area contributed by atoms with Crippen LogP contribution < -0.4 is 9.64 Å². The zero-order valence-corrected chi connectivity index (χ0v) is 18.0. The Morgan fingerprint density at radius 1 is 1.20 bits per heavy atom. The molecule has 1 aromatic carbocycles. The van der Waals surface area contributed by atoms with Crippen LogP contribution in [0.25, 0.3) is 0 Å². The summed E-state index contributed by atoms with van der Waals surface area (Å²) in [7, 11) is 3.16. The number of carbonyl (C=O) groups excluding carboxylic acids is 2. The molecule has 2 amide bonds. The lowest BCUT2D eigenvalue weighted by Gasteiger charge is -2.29. The molecule has 0 unspecified atom stereocenters. The zero-order valence-electron chi connectivity index (χ0n) is 18.0. The first-order chi connectivity index (χ1) is 14.4. The van der Waals surface area contributed by atoms with Gasteiger partial charge in [-0.1, -0.05) is 18.2 Å². The van der Waals surface area contributed by atoms with Crippen LogP contribution in [0.15, 0.2) is 24.3 Å². The number of aromatic nitrogens is 2. The van der Waals surface area contributed by atoms with Gasteiger partial charge in [-0.25, -0.2) is 9.97 Å². The van der Waals surface area contributed by atoms with E-state index in [9.17, 15) is 9.59 Å². The van der Waals surface area contributed by atoms with Crippen LogP contribution in [0.3, 0.4) is 0 Å². The zero-order chi connectivity index (χ0) is 21.7. The Morgan fingerprint density at radius 3 is 2.70 bits per heavy atom. The summed E-state index contributed by atoms with van der Waals surface area (Å²) in [6.45, 7) is 4.91. The number of carbonyl (C=O) groups is 2. The van der Waals surface area contributed by atoms with Gasteiger partial charge in [0.2, 0.25) is 11.8 Å². The van der Waals surface area contributed by atoms with Crippen molar-refractivity contribution in [2.45, 2.75) is 33.2 Å². The summed E-state index contributed by atoms with van der Waals surface area (Å²) in [4.78, 5) is 37.0. The van der Waals surface area contributed by atoms with Crippen LogP contribution in [-0.2, 0) is 27.3 Å². The van der Waals surface area contributed by atoms with Crippen LogP contribution in [0, 0.1) is 13.8 Å². The predicted octanol–water partition coefficient (Wildman–Crippen LogP) is 2.06. The minimum Gasteiger partial charge on any atom is -0.491 e. The number of para-hydroxylation sites is 1. The number of anilines is 1. The van der Waals surface area contributed by atoms with Crippen molar-refractivity contribution >= 4 is 17.6 Å². The molecule has 8 heteroatoms. The van der Waals surface area contributed by atoms with Crippen LogP contribution in [0.4, 0.5) is 5.82 Å². The van der Waals surface area contributed by atoms with Crippen molar-refractivity contribution in [1.29, 1.82) is 0 Å². The molecule has 1 aliphatic heterocycles. The van der Waals surface area contributed by atoms with Crippen LogP contribution in [0.2, 0.25) is 0 Å². The Balaban J connectivity index is 1.77. The first kappa shape index (κ1) is 21.7. The minimum absolute atomic E-state index is 0.00127. The van der Waals surface area contributed by atoms with Gasteiger partial charge in [-0.2, -0.15) is 0 Å². The van der Waals surface area contributed by atoms with Gasteiger partial charge in [-0.15, -0.1) is 0 Å². The van der Waals surface area contributed by atoms with Gasteiger partial charge in [-0.3, -0.25) is 14.5 Å². The summed E-state index contributed by atoms with van der Waals surface area (Å²) < 4.78 is 10.8. The third-order valence-electron chi connectivity index (χ3n) is 5.12. The number of methoxy groups -OCH3 is 1. The normalized spacial score (nSPS) is 13.2. The third kappa shape index (κ3) is 4.94. The Morgan fingerprint density at radius 2 is 1.97 bits per heavy atom. The maximum atomic E-state index is 12.6. The van der Waals surface area contributed by atoms with E-state index in [4.69, 9.17) is 9.47 Å². The lowest BCUT2D eigenvalue weighted by Crippen LogP contribution is -2.40. The molecule has 0 spiro atoms. The summed E-state index contributed by atoms with van der Waals surface area (Å²) >= 11 is 0. The number of amides is 2. The van der Waals surface area contributed by atoms with Crippen LogP contribution >= 0.6 is 0 Å². The van der Waals surface area contributed by atoms with Crippen LogP contribution in [0.1, 0.15) is 29.1 Å². The molecule has 3 rings (SSSR count). The Kier molecular flexibility index (Phi) is 6.99. The Bertz CT molecular complexity index is 931. The quantitative estimate of drug-likeness (QED) is 0.660. The molecule has 0 atom stereocenters. The lowest BCUT2D eigenvalue weighted by molar-refractivity contribution is -0.134. The van der Waals surface area contributed by atoms with E-state index in [1.54, 1.807) is 11.9 Å². The first-order valence-corrected chi connectivity index (χ1v) is 9.98. The Labute approximate surface area is 176 Å². The van der Waals surface area contributed by atoms with Gasteiger partial charge in [-0.05, 0) is 31.9 Å². The fourth-order valence-electron chi connectivity index (χ4n) is 3.44. The molecule has 2 heterocycles. The largest absolute Gasteiger partial charge is 0.491 e. The summed E-state index contributed by atoms with van der Waals surface area (Å²) in [6, 6.07) is 7.79. The van der Waals surface area contributed by atoms with Crippen molar-refractivity contribution in [1.82, 2.24) is 14.9 Å². The first-order valence-electron chi connectivity index (χ1n) is 9.98. The van der Waals surface area contributed by atoms with E-state index in [0.29, 0.717) is 37.6 Å². The summed E-state index contributed by atoms with van der Waals surface area (Å²) in [6.07, 6.45) is 1.04. The molecule has 160 valence electrons. The molecular weight excluding hydrogens is 384 g/mol. The van der Waals surface area contributed by atoms with E-state index < -0.39 is 0 Å². The van der Waals surface area contributed by atoms with Gasteiger partial charge in [0.1, 0.15) is 30.6 Å². The SMILES string of the molecule is COCC(=O)N(C)Cc1nc(C)c2c(n1)N(CCOc1ccccc1C)C(=O)CC2. The van der Waals surface area contributed by atoms with Gasteiger partial charge in [0.05, 0.1) is 13.1 Å². The molecule has 1 aromatic heterocycles. The number of nitrogens with zero attached hydrogens (tertiary/aromatic N) is 4. The van der Waals surface area contributed by atoms with Gasteiger partial charge in [0.15, 0.2) is 0 Å². The van der Waals surface area contributed by atoms with Crippen molar-refractivity contribution in [2.24, 2.45) is 0 Å². The number of benzene rings is 1. The second-order valence-corrected chi connectivity index (χ2v) is 7.37. The molecule has 0 fully saturated rings. The van der Waals surface area contributed by atoms with Gasteiger partial charge in [0, 0.05) is 31.8 Å². The molecule has 0 aliphatic carbocycles. The summed E-state index contributed by atoms with van der Waals surface area (Å²) in [5, 5.41) is 0. The number of ether oxygens (including phenoxy) is 2. The molecule has 8 nitrogen and oxygen atoms in total. The molecule has 0 bridgehead atoms. The van der Waals surface area contributed by atoms with Crippen molar-refractivity contribution in [3.63, 3.8) is 0 Å². The maximum absolute atomic E-state index is 12.6. The maximum Gasteiger partial charge on any atom is 0.248 e. The minimum atomic E-state index is -0.156. The number of hydrogen-bond donors (Lipinski definition) is 0. The monoisotopic (exact) mass is 412 g/mol. The smallest absolute Gasteiger partial charge is 0.248 e. The number of aryl methyl sites for hydroxylation is 2. The highest BCUT2D eigenvalue weighted by atomic mass is 16.5. The molecule has 2 aromatic rings. The highest BCUT2D eigenvalue weighted by Gasteiger charge is 2.28. The predicted molar refractivity (Wildman–Crippen MR) is 112 cm³/mol. The standard InChI is InChI=1S/C22H28N4O4/c1-15-7-5-6-8-18(15)30-12-11-26-20(27)10-9-17-16(2)23-19(24-22(17)26)13-25(3)21(28)14-29-4/h5-8H,9-14H2,1-4H3. The molecule has 0 saturated heterocycles. The van der Waals surface area contributed by atoms with E-state index >= 15 is 0 Å². The number of hydrogen-bond acceptors (Lipinski definition) is 6. The van der Waals surface area contributed by atoms with Crippen molar-refractivity contribution in [2.75, 3.05) is 38.8 Å². The summed E-state index contributed by atoms with van der Waals surface area (Å²) in [5.41, 5.74) is 2.85. The number of fused-ring (bicyclic) bond motifs is 1. The molecule has 0 radical (unpaired) electrons. The fraction of sp³-hybridized carbons (Fsp3) is 0.455. The highest BCUT2D eigenvalue weighted by Crippen LogP contribution is 2.28. The molecule has 30 heavy (non-hydrogen) atoms. The van der Waals surface area contributed by atoms with Crippen molar-refractivity contribution in [3.05, 3.63) is 46.9 Å². The average Bonchev–Trinajstić information content (AvgIpc) is 2.71. The molecule has 1 aliphatic rings. The molecule has 0 N–H and O–H groups in total. The second kappa shape index (κ2) is 9.67. The van der Waals surface area contributed by atoms with E-state index in [-0.39, 0.29) is 25.0 Å². The van der Waals surface area contributed by atoms with E-state index in [1.807, 2.05) is 38.1 Å². The lowest BCUT2D eigenvalue weighted by atomic mass is 10.0. The van der Waals surface area contributed by atoms with Crippen LogP contribution in [0.5, 0.6) is 5.75 Å². The fourth-order valence-corrected chi connectivity index (χ4v) is 3.44. The number of likely N-dealkylation sites (N-methyl/N-ethyl adjacent to an activating group) is 1. The Hall–Kier alpha value is -3.00. The highest BCUT2D eigenvalue weighted by molar-refractivity contribution is 5.95. The molecular formula is C22H28N4O4. The van der Waals surface area contributed by atoms with Gasteiger partial charge >= 0.3 is 0 Å². The number of rotatable bonds is 8. The average molecular weight is 412 g/mol. The van der Waals surface area contributed by atoms with Gasteiger partial charge in [0.25, 0.3) is 0 Å². The van der Waals surface area contributed by atoms with E-state index in [0.717, 1.165) is 22.6 Å². The van der Waals surface area contributed by atoms with E-state index in [2.05, 4.69) is 9.97 Å². The summed E-state index contributed by atoms with van der Waals surface area (Å²) in [5.74, 6) is 1.78. The van der Waals surface area contributed by atoms with Crippen molar-refractivity contribution < 1.29 is 19.1 Å². The third-order valence-corrected chi connectivity index (χ3v) is 5.12. The second-order valence-electron chi connectivity index (χ2n) is 7.37.